The quantitative estimate of drug-likeness (QED) is 0.607. The van der Waals surface area contributed by atoms with Gasteiger partial charge in [0.2, 0.25) is 0 Å². The summed E-state index contributed by atoms with van der Waals surface area (Å²) in [6.07, 6.45) is 9.91. The SMILES string of the molecule is CCC1(C)CCCCC1.CCc1ccc(C)cc1. The van der Waals surface area contributed by atoms with E-state index < -0.39 is 0 Å². The van der Waals surface area contributed by atoms with Gasteiger partial charge >= 0.3 is 0 Å². The Labute approximate surface area is 114 Å². The predicted octanol–water partition coefficient (Wildman–Crippen LogP) is 5.92. The van der Waals surface area contributed by atoms with Crippen molar-refractivity contribution in [2.75, 3.05) is 0 Å². The summed E-state index contributed by atoms with van der Waals surface area (Å²) in [5.41, 5.74) is 3.48. The molecule has 0 aromatic heterocycles. The summed E-state index contributed by atoms with van der Waals surface area (Å²) in [4.78, 5) is 0. The standard InChI is InChI=1S/C9H12.C9H18/c1-3-9-6-4-8(2)5-7-9;1-3-9(2)7-5-4-6-8-9/h4-7H,3H2,1-2H3;3-8H2,1-2H3. The molecule has 0 nitrogen and oxygen atoms in total. The van der Waals surface area contributed by atoms with Crippen LogP contribution >= 0.6 is 0 Å². The Balaban J connectivity index is 0.000000180. The molecule has 1 aliphatic carbocycles. The Morgan fingerprint density at radius 2 is 1.50 bits per heavy atom. The van der Waals surface area contributed by atoms with E-state index in [1.165, 1.54) is 49.7 Å². The molecule has 1 aromatic carbocycles. The molecule has 0 unspecified atom stereocenters. The van der Waals surface area contributed by atoms with Crippen LogP contribution in [0, 0.1) is 12.3 Å². The third kappa shape index (κ3) is 5.25. The van der Waals surface area contributed by atoms with Gasteiger partial charge in [0.05, 0.1) is 0 Å². The van der Waals surface area contributed by atoms with E-state index in [4.69, 9.17) is 0 Å². The molecule has 0 N–H and O–H groups in total. The van der Waals surface area contributed by atoms with Crippen LogP contribution in [0.3, 0.4) is 0 Å². The Kier molecular flexibility index (Phi) is 6.46. The third-order valence-electron chi connectivity index (χ3n) is 4.44. The number of rotatable bonds is 2. The smallest absolute Gasteiger partial charge is 0.0307 e. The highest BCUT2D eigenvalue weighted by molar-refractivity contribution is 5.20. The van der Waals surface area contributed by atoms with E-state index in [1.807, 2.05) is 0 Å². The summed E-state index contributed by atoms with van der Waals surface area (Å²) < 4.78 is 0. The lowest BCUT2D eigenvalue weighted by molar-refractivity contribution is 0.208. The molecule has 2 rings (SSSR count). The average Bonchev–Trinajstić information content (AvgIpc) is 2.41. The van der Waals surface area contributed by atoms with Crippen LogP contribution in [0.4, 0.5) is 0 Å². The fourth-order valence-corrected chi connectivity index (χ4v) is 2.58. The summed E-state index contributed by atoms with van der Waals surface area (Å²) in [6.45, 7) is 9.04. The van der Waals surface area contributed by atoms with Crippen LogP contribution in [0.5, 0.6) is 0 Å². The molecule has 0 heteroatoms. The molecule has 1 fully saturated rings. The van der Waals surface area contributed by atoms with Gasteiger partial charge in [-0.2, -0.15) is 0 Å². The van der Waals surface area contributed by atoms with Crippen molar-refractivity contribution in [1.29, 1.82) is 0 Å². The third-order valence-corrected chi connectivity index (χ3v) is 4.44. The van der Waals surface area contributed by atoms with Crippen molar-refractivity contribution in [2.45, 2.75) is 72.6 Å². The zero-order valence-electron chi connectivity index (χ0n) is 12.8. The normalized spacial score (nSPS) is 17.8. The Morgan fingerprint density at radius 3 is 1.89 bits per heavy atom. The van der Waals surface area contributed by atoms with Crippen LogP contribution < -0.4 is 0 Å². The summed E-state index contributed by atoms with van der Waals surface area (Å²) >= 11 is 0. The minimum absolute atomic E-state index is 0.720. The number of aryl methyl sites for hydroxylation is 2. The van der Waals surface area contributed by atoms with E-state index in [9.17, 15) is 0 Å². The maximum Gasteiger partial charge on any atom is -0.0307 e. The zero-order valence-corrected chi connectivity index (χ0v) is 12.8. The van der Waals surface area contributed by atoms with E-state index in [0.717, 1.165) is 11.8 Å². The molecule has 0 atom stereocenters. The zero-order chi connectivity index (χ0) is 13.4. The fourth-order valence-electron chi connectivity index (χ4n) is 2.58. The molecular formula is C18H30. The van der Waals surface area contributed by atoms with Crippen molar-refractivity contribution < 1.29 is 0 Å². The van der Waals surface area contributed by atoms with Crippen LogP contribution in [0.2, 0.25) is 0 Å². The number of benzene rings is 1. The molecule has 0 amide bonds. The first-order valence-electron chi connectivity index (χ1n) is 7.65. The van der Waals surface area contributed by atoms with E-state index in [0.29, 0.717) is 0 Å². The summed E-state index contributed by atoms with van der Waals surface area (Å²) in [7, 11) is 0. The van der Waals surface area contributed by atoms with Crippen LogP contribution in [0.25, 0.3) is 0 Å². The van der Waals surface area contributed by atoms with Gasteiger partial charge in [0.15, 0.2) is 0 Å². The molecule has 0 bridgehead atoms. The van der Waals surface area contributed by atoms with Gasteiger partial charge < -0.3 is 0 Å². The maximum atomic E-state index is 2.44. The van der Waals surface area contributed by atoms with Gasteiger partial charge in [-0.3, -0.25) is 0 Å². The van der Waals surface area contributed by atoms with Crippen molar-refractivity contribution >= 4 is 0 Å². The van der Waals surface area contributed by atoms with Crippen molar-refractivity contribution in [1.82, 2.24) is 0 Å². The first-order chi connectivity index (χ1) is 8.59. The van der Waals surface area contributed by atoms with Gasteiger partial charge in [0.25, 0.3) is 0 Å². The van der Waals surface area contributed by atoms with Gasteiger partial charge in [-0.1, -0.05) is 76.3 Å². The van der Waals surface area contributed by atoms with Crippen LogP contribution in [0.15, 0.2) is 24.3 Å². The number of hydrogen-bond donors (Lipinski definition) is 0. The average molecular weight is 246 g/mol. The van der Waals surface area contributed by atoms with Crippen LogP contribution in [0.1, 0.15) is 70.4 Å². The van der Waals surface area contributed by atoms with Gasteiger partial charge in [-0.25, -0.2) is 0 Å². The van der Waals surface area contributed by atoms with Crippen molar-refractivity contribution in [3.8, 4) is 0 Å². The molecule has 1 aromatic rings. The van der Waals surface area contributed by atoms with Gasteiger partial charge in [-0.05, 0) is 37.2 Å². The second-order valence-corrected chi connectivity index (χ2v) is 6.06. The molecule has 102 valence electrons. The van der Waals surface area contributed by atoms with E-state index in [1.54, 1.807) is 0 Å². The van der Waals surface area contributed by atoms with Crippen LogP contribution in [-0.4, -0.2) is 0 Å². The molecule has 0 saturated heterocycles. The summed E-state index contributed by atoms with van der Waals surface area (Å²) in [5, 5.41) is 0. The molecular weight excluding hydrogens is 216 g/mol. The summed E-state index contributed by atoms with van der Waals surface area (Å²) in [5.74, 6) is 0. The van der Waals surface area contributed by atoms with Gasteiger partial charge in [0, 0.05) is 0 Å². The Bertz CT molecular complexity index is 314. The predicted molar refractivity (Wildman–Crippen MR) is 82.0 cm³/mol. The highest BCUT2D eigenvalue weighted by Crippen LogP contribution is 2.38. The molecule has 0 heterocycles. The van der Waals surface area contributed by atoms with E-state index >= 15 is 0 Å². The van der Waals surface area contributed by atoms with E-state index in [2.05, 4.69) is 52.0 Å². The first kappa shape index (κ1) is 15.3. The van der Waals surface area contributed by atoms with Crippen molar-refractivity contribution in [3.63, 3.8) is 0 Å². The minimum Gasteiger partial charge on any atom is -0.0649 e. The highest BCUT2D eigenvalue weighted by atomic mass is 14.3. The van der Waals surface area contributed by atoms with Gasteiger partial charge in [0.1, 0.15) is 0 Å². The second kappa shape index (κ2) is 7.61. The lowest BCUT2D eigenvalue weighted by atomic mass is 9.74. The lowest BCUT2D eigenvalue weighted by Gasteiger charge is -2.32. The second-order valence-electron chi connectivity index (χ2n) is 6.06. The van der Waals surface area contributed by atoms with E-state index in [-0.39, 0.29) is 0 Å². The maximum absolute atomic E-state index is 2.44. The molecule has 1 aliphatic rings. The summed E-state index contributed by atoms with van der Waals surface area (Å²) in [6, 6.07) is 8.66. The lowest BCUT2D eigenvalue weighted by Crippen LogP contribution is -2.18. The highest BCUT2D eigenvalue weighted by Gasteiger charge is 2.23. The minimum atomic E-state index is 0.720. The molecule has 18 heavy (non-hydrogen) atoms. The Hall–Kier alpha value is -0.780. The monoisotopic (exact) mass is 246 g/mol. The Morgan fingerprint density at radius 1 is 0.944 bits per heavy atom. The largest absolute Gasteiger partial charge is 0.0649 e. The topological polar surface area (TPSA) is 0 Å². The molecule has 0 aliphatic heterocycles. The molecule has 0 spiro atoms. The van der Waals surface area contributed by atoms with Crippen LogP contribution in [-0.2, 0) is 6.42 Å². The molecule has 1 saturated carbocycles. The van der Waals surface area contributed by atoms with Crippen molar-refractivity contribution in [2.24, 2.45) is 5.41 Å². The van der Waals surface area contributed by atoms with Crippen molar-refractivity contribution in [3.05, 3.63) is 35.4 Å². The number of hydrogen-bond acceptors (Lipinski definition) is 0. The molecule has 0 radical (unpaired) electrons. The fraction of sp³-hybridized carbons (Fsp3) is 0.667. The van der Waals surface area contributed by atoms with Gasteiger partial charge in [-0.15, -0.1) is 0 Å². The first-order valence-corrected chi connectivity index (χ1v) is 7.65.